The number of carbonyl (C=O) groups excluding carboxylic acids is 1. The van der Waals surface area contributed by atoms with Gasteiger partial charge in [-0.25, -0.2) is 4.58 Å². The van der Waals surface area contributed by atoms with Crippen molar-refractivity contribution in [3.63, 3.8) is 0 Å². The SMILES string of the molecule is CC(C)(C=[N+]1CCOCC1)C(=O)c1ccc([N+](=O)[O-])cc1.[Cl-]. The first-order valence-corrected chi connectivity index (χ1v) is 6.87. The largest absolute Gasteiger partial charge is 1.00 e. The van der Waals surface area contributed by atoms with Crippen molar-refractivity contribution in [1.29, 1.82) is 0 Å². The number of ether oxygens (including phenoxy) is 1. The number of hydrogen-bond acceptors (Lipinski definition) is 4. The van der Waals surface area contributed by atoms with E-state index in [0.29, 0.717) is 18.8 Å². The van der Waals surface area contributed by atoms with Crippen LogP contribution in [0, 0.1) is 15.5 Å². The Bertz CT molecular complexity index is 574. The van der Waals surface area contributed by atoms with Crippen molar-refractivity contribution in [3.05, 3.63) is 39.9 Å². The number of Topliss-reactive ketones (excluding diaryl/α,β-unsaturated/α-hetero) is 1. The summed E-state index contributed by atoms with van der Waals surface area (Å²) in [5.74, 6) is -0.0520. The molecule has 1 heterocycles. The maximum absolute atomic E-state index is 12.6. The number of non-ortho nitro benzene ring substituents is 1. The van der Waals surface area contributed by atoms with Gasteiger partial charge in [-0.1, -0.05) is 0 Å². The molecule has 6 nitrogen and oxygen atoms in total. The molecule has 1 aromatic rings. The van der Waals surface area contributed by atoms with Gasteiger partial charge in [-0.05, 0) is 26.0 Å². The average Bonchev–Trinajstić information content (AvgIpc) is 2.47. The highest BCUT2D eigenvalue weighted by molar-refractivity contribution is 6.08. The number of nitrogens with zero attached hydrogens (tertiary/aromatic N) is 2. The van der Waals surface area contributed by atoms with Crippen molar-refractivity contribution in [2.75, 3.05) is 26.3 Å². The third-order valence-corrected chi connectivity index (χ3v) is 3.48. The van der Waals surface area contributed by atoms with Gasteiger partial charge in [0.2, 0.25) is 0 Å². The van der Waals surface area contributed by atoms with E-state index in [2.05, 4.69) is 4.58 Å². The number of morpholine rings is 1. The Labute approximate surface area is 135 Å². The predicted molar refractivity (Wildman–Crippen MR) is 78.1 cm³/mol. The Hall–Kier alpha value is -1.79. The van der Waals surface area contributed by atoms with E-state index in [9.17, 15) is 14.9 Å². The lowest BCUT2D eigenvalue weighted by Gasteiger charge is -2.19. The van der Waals surface area contributed by atoms with Gasteiger partial charge in [0.1, 0.15) is 18.6 Å². The molecular formula is C15H19ClN2O4. The number of hydrogen-bond donors (Lipinski definition) is 0. The third-order valence-electron chi connectivity index (χ3n) is 3.48. The predicted octanol–water partition coefficient (Wildman–Crippen LogP) is -1.08. The molecule has 22 heavy (non-hydrogen) atoms. The summed E-state index contributed by atoms with van der Waals surface area (Å²) in [6, 6.07) is 5.74. The Morgan fingerprint density at radius 2 is 1.82 bits per heavy atom. The van der Waals surface area contributed by atoms with Crippen molar-refractivity contribution < 1.29 is 31.4 Å². The van der Waals surface area contributed by atoms with Gasteiger partial charge in [0.05, 0.1) is 4.92 Å². The quantitative estimate of drug-likeness (QED) is 0.305. The number of ketones is 1. The minimum absolute atomic E-state index is 0. The minimum Gasteiger partial charge on any atom is -1.00 e. The molecule has 0 unspecified atom stereocenters. The molecule has 0 spiro atoms. The zero-order chi connectivity index (χ0) is 15.5. The van der Waals surface area contributed by atoms with Crippen LogP contribution in [-0.4, -0.2) is 47.8 Å². The summed E-state index contributed by atoms with van der Waals surface area (Å²) >= 11 is 0. The van der Waals surface area contributed by atoms with E-state index in [1.807, 2.05) is 20.1 Å². The molecule has 1 saturated heterocycles. The number of benzene rings is 1. The molecule has 0 aromatic heterocycles. The van der Waals surface area contributed by atoms with Gasteiger partial charge >= 0.3 is 0 Å². The average molecular weight is 327 g/mol. The zero-order valence-electron chi connectivity index (χ0n) is 12.6. The van der Waals surface area contributed by atoms with E-state index in [-0.39, 0.29) is 23.9 Å². The van der Waals surface area contributed by atoms with Crippen LogP contribution in [0.1, 0.15) is 24.2 Å². The van der Waals surface area contributed by atoms with Crippen molar-refractivity contribution in [3.8, 4) is 0 Å². The van der Waals surface area contributed by atoms with Gasteiger partial charge < -0.3 is 17.1 Å². The second kappa shape index (κ2) is 7.47. The molecule has 2 rings (SSSR count). The summed E-state index contributed by atoms with van der Waals surface area (Å²) < 4.78 is 7.37. The summed E-state index contributed by atoms with van der Waals surface area (Å²) in [6.07, 6.45) is 1.93. The maximum Gasteiger partial charge on any atom is 0.269 e. The molecule has 0 atom stereocenters. The first kappa shape index (κ1) is 18.3. The van der Waals surface area contributed by atoms with Crippen LogP contribution in [0.3, 0.4) is 0 Å². The van der Waals surface area contributed by atoms with Gasteiger partial charge in [0.15, 0.2) is 25.1 Å². The molecule has 1 fully saturated rings. The Kier molecular flexibility index (Phi) is 6.20. The van der Waals surface area contributed by atoms with E-state index in [0.717, 1.165) is 13.1 Å². The van der Waals surface area contributed by atoms with Gasteiger partial charge in [0, 0.05) is 17.7 Å². The molecule has 120 valence electrons. The molecule has 0 aliphatic carbocycles. The van der Waals surface area contributed by atoms with Gasteiger partial charge in [-0.2, -0.15) is 0 Å². The zero-order valence-corrected chi connectivity index (χ0v) is 13.4. The number of nitro benzene ring substituents is 1. The standard InChI is InChI=1S/C15H19N2O4.ClH/c1-15(2,11-16-7-9-21-10-8-16)14(18)12-3-5-13(6-4-12)17(19)20;/h3-6,11H,7-10H2,1-2H3;1H/q+1;/p-1. The summed E-state index contributed by atoms with van der Waals surface area (Å²) in [5.41, 5.74) is -0.190. The van der Waals surface area contributed by atoms with Crippen LogP contribution in [-0.2, 0) is 4.74 Å². The Morgan fingerprint density at radius 3 is 2.32 bits per heavy atom. The number of nitro groups is 1. The monoisotopic (exact) mass is 326 g/mol. The topological polar surface area (TPSA) is 72.5 Å². The van der Waals surface area contributed by atoms with Crippen molar-refractivity contribution in [2.45, 2.75) is 13.8 Å². The van der Waals surface area contributed by atoms with E-state index in [4.69, 9.17) is 4.74 Å². The smallest absolute Gasteiger partial charge is 0.269 e. The second-order valence-electron chi connectivity index (χ2n) is 5.63. The van der Waals surface area contributed by atoms with Crippen LogP contribution < -0.4 is 12.4 Å². The van der Waals surface area contributed by atoms with E-state index < -0.39 is 10.3 Å². The third kappa shape index (κ3) is 4.35. The van der Waals surface area contributed by atoms with E-state index in [1.165, 1.54) is 24.3 Å². The summed E-state index contributed by atoms with van der Waals surface area (Å²) in [6.45, 7) is 6.59. The summed E-state index contributed by atoms with van der Waals surface area (Å²) in [4.78, 5) is 22.7. The lowest BCUT2D eigenvalue weighted by Crippen LogP contribution is -3.00. The lowest BCUT2D eigenvalue weighted by molar-refractivity contribution is -0.547. The van der Waals surface area contributed by atoms with Crippen LogP contribution in [0.15, 0.2) is 24.3 Å². The number of halogens is 1. The summed E-state index contributed by atoms with van der Waals surface area (Å²) in [5, 5.41) is 10.6. The molecule has 1 aliphatic heterocycles. The molecule has 1 aliphatic rings. The van der Waals surface area contributed by atoms with Gasteiger partial charge in [-0.3, -0.25) is 14.9 Å². The Balaban J connectivity index is 0.00000242. The first-order chi connectivity index (χ1) is 9.90. The van der Waals surface area contributed by atoms with Crippen LogP contribution in [0.4, 0.5) is 5.69 Å². The van der Waals surface area contributed by atoms with Crippen LogP contribution >= 0.6 is 0 Å². The molecular weight excluding hydrogens is 308 g/mol. The molecule has 0 radical (unpaired) electrons. The molecule has 0 amide bonds. The van der Waals surface area contributed by atoms with E-state index in [1.54, 1.807) is 0 Å². The molecule has 0 saturated carbocycles. The lowest BCUT2D eigenvalue weighted by atomic mass is 9.85. The van der Waals surface area contributed by atoms with Crippen molar-refractivity contribution in [2.24, 2.45) is 5.41 Å². The van der Waals surface area contributed by atoms with Gasteiger partial charge in [-0.15, -0.1) is 0 Å². The minimum atomic E-state index is -0.659. The van der Waals surface area contributed by atoms with Crippen LogP contribution in [0.5, 0.6) is 0 Å². The first-order valence-electron chi connectivity index (χ1n) is 6.87. The molecule has 1 aromatic carbocycles. The fourth-order valence-electron chi connectivity index (χ4n) is 2.33. The molecule has 7 heteroatoms. The second-order valence-corrected chi connectivity index (χ2v) is 5.63. The van der Waals surface area contributed by atoms with E-state index >= 15 is 0 Å². The van der Waals surface area contributed by atoms with Crippen molar-refractivity contribution >= 4 is 17.7 Å². The van der Waals surface area contributed by atoms with Crippen LogP contribution in [0.25, 0.3) is 0 Å². The van der Waals surface area contributed by atoms with Gasteiger partial charge in [0.25, 0.3) is 5.69 Å². The Morgan fingerprint density at radius 1 is 1.27 bits per heavy atom. The molecule has 0 bridgehead atoms. The highest BCUT2D eigenvalue weighted by Crippen LogP contribution is 2.22. The van der Waals surface area contributed by atoms with Crippen molar-refractivity contribution in [1.82, 2.24) is 0 Å². The van der Waals surface area contributed by atoms with Crippen LogP contribution in [0.2, 0.25) is 0 Å². The molecule has 0 N–H and O–H groups in total. The fourth-order valence-corrected chi connectivity index (χ4v) is 2.33. The normalized spacial score (nSPS) is 14.9. The fraction of sp³-hybridized carbons (Fsp3) is 0.467. The summed E-state index contributed by atoms with van der Waals surface area (Å²) in [7, 11) is 0. The highest BCUT2D eigenvalue weighted by Gasteiger charge is 2.32. The maximum atomic E-state index is 12.6. The number of rotatable bonds is 4. The highest BCUT2D eigenvalue weighted by atomic mass is 35.5. The number of carbonyl (C=O) groups is 1.